The van der Waals surface area contributed by atoms with Crippen molar-refractivity contribution in [2.24, 2.45) is 0 Å². The highest BCUT2D eigenvalue weighted by molar-refractivity contribution is 6.02. The summed E-state index contributed by atoms with van der Waals surface area (Å²) in [6, 6.07) is 18.7. The minimum Gasteiger partial charge on any atom is -0.494 e. The minimum absolute atomic E-state index is 0.663. The number of piperidine rings is 1. The Morgan fingerprint density at radius 3 is 2.40 bits per heavy atom. The molecule has 1 fully saturated rings. The van der Waals surface area contributed by atoms with Crippen molar-refractivity contribution in [3.63, 3.8) is 0 Å². The normalized spacial score (nSPS) is 14.2. The number of hydrogen-bond acceptors (Lipinski definition) is 4. The molecular formula is C25H26N4O. The predicted octanol–water partition coefficient (Wildman–Crippen LogP) is 5.48. The fraction of sp³-hybridized carbons (Fsp3) is 0.280. The third-order valence-electron chi connectivity index (χ3n) is 5.73. The third-order valence-corrected chi connectivity index (χ3v) is 5.73. The number of hydrogen-bond donors (Lipinski definition) is 0. The molecule has 0 unspecified atom stereocenters. The molecule has 4 aromatic rings. The lowest BCUT2D eigenvalue weighted by atomic mass is 10.1. The van der Waals surface area contributed by atoms with E-state index in [0.29, 0.717) is 6.61 Å². The van der Waals surface area contributed by atoms with Crippen LogP contribution in [-0.2, 0) is 0 Å². The lowest BCUT2D eigenvalue weighted by molar-refractivity contribution is 0.340. The van der Waals surface area contributed by atoms with E-state index in [0.717, 1.165) is 41.4 Å². The van der Waals surface area contributed by atoms with Gasteiger partial charge in [0.2, 0.25) is 0 Å². The summed E-state index contributed by atoms with van der Waals surface area (Å²) in [4.78, 5) is 11.9. The maximum atomic E-state index is 5.62. The summed E-state index contributed by atoms with van der Waals surface area (Å²) in [5, 5.41) is 1.12. The SMILES string of the molecule is CCOc1ccc(-n2cc(-c3ccccc3)c3c(N4CCCCC4)ncnc32)cc1. The van der Waals surface area contributed by atoms with Crippen LogP contribution in [0.15, 0.2) is 67.1 Å². The average molecular weight is 399 g/mol. The van der Waals surface area contributed by atoms with Crippen molar-refractivity contribution in [3.8, 4) is 22.6 Å². The second-order valence-electron chi connectivity index (χ2n) is 7.65. The van der Waals surface area contributed by atoms with Crippen LogP contribution in [0.25, 0.3) is 27.8 Å². The van der Waals surface area contributed by atoms with E-state index in [4.69, 9.17) is 14.7 Å². The van der Waals surface area contributed by atoms with Crippen LogP contribution >= 0.6 is 0 Å². The van der Waals surface area contributed by atoms with Crippen molar-refractivity contribution in [3.05, 3.63) is 67.1 Å². The van der Waals surface area contributed by atoms with Crippen LogP contribution in [0.4, 0.5) is 5.82 Å². The van der Waals surface area contributed by atoms with E-state index in [1.54, 1.807) is 6.33 Å². The Labute approximate surface area is 177 Å². The molecule has 0 atom stereocenters. The Morgan fingerprint density at radius 1 is 0.900 bits per heavy atom. The maximum Gasteiger partial charge on any atom is 0.150 e. The van der Waals surface area contributed by atoms with Crippen LogP contribution in [0.3, 0.4) is 0 Å². The fourth-order valence-corrected chi connectivity index (χ4v) is 4.29. The zero-order valence-corrected chi connectivity index (χ0v) is 17.3. The number of ether oxygens (including phenoxy) is 1. The largest absolute Gasteiger partial charge is 0.494 e. The van der Waals surface area contributed by atoms with Crippen molar-refractivity contribution in [2.75, 3.05) is 24.6 Å². The van der Waals surface area contributed by atoms with Gasteiger partial charge in [0.05, 0.1) is 12.0 Å². The van der Waals surface area contributed by atoms with Gasteiger partial charge in [0, 0.05) is 30.5 Å². The third kappa shape index (κ3) is 3.41. The molecule has 0 radical (unpaired) electrons. The lowest BCUT2D eigenvalue weighted by Gasteiger charge is -2.28. The first-order valence-electron chi connectivity index (χ1n) is 10.7. The molecule has 0 N–H and O–H groups in total. The van der Waals surface area contributed by atoms with Gasteiger partial charge in [-0.1, -0.05) is 30.3 Å². The van der Waals surface area contributed by atoms with Crippen LogP contribution in [0.1, 0.15) is 26.2 Å². The summed E-state index contributed by atoms with van der Waals surface area (Å²) >= 11 is 0. The van der Waals surface area contributed by atoms with Gasteiger partial charge in [0.15, 0.2) is 5.65 Å². The van der Waals surface area contributed by atoms with Crippen LogP contribution in [0, 0.1) is 0 Å². The molecule has 30 heavy (non-hydrogen) atoms. The van der Waals surface area contributed by atoms with E-state index in [-0.39, 0.29) is 0 Å². The number of rotatable bonds is 5. The van der Waals surface area contributed by atoms with Crippen molar-refractivity contribution >= 4 is 16.9 Å². The Balaban J connectivity index is 1.70. The molecule has 1 aliphatic heterocycles. The molecule has 5 heteroatoms. The molecule has 2 aromatic carbocycles. The highest BCUT2D eigenvalue weighted by Gasteiger charge is 2.21. The van der Waals surface area contributed by atoms with E-state index < -0.39 is 0 Å². The summed E-state index contributed by atoms with van der Waals surface area (Å²) < 4.78 is 7.78. The Kier molecular flexibility index (Phi) is 5.10. The molecule has 152 valence electrons. The van der Waals surface area contributed by atoms with Crippen LogP contribution < -0.4 is 9.64 Å². The first-order valence-corrected chi connectivity index (χ1v) is 10.7. The molecule has 1 aliphatic rings. The number of nitrogens with zero attached hydrogens (tertiary/aromatic N) is 4. The molecule has 3 heterocycles. The lowest BCUT2D eigenvalue weighted by Crippen LogP contribution is -2.30. The van der Waals surface area contributed by atoms with Crippen molar-refractivity contribution < 1.29 is 4.74 Å². The quantitative estimate of drug-likeness (QED) is 0.447. The minimum atomic E-state index is 0.663. The highest BCUT2D eigenvalue weighted by Crippen LogP contribution is 2.37. The van der Waals surface area contributed by atoms with Gasteiger partial charge in [0.1, 0.15) is 17.9 Å². The van der Waals surface area contributed by atoms with E-state index in [9.17, 15) is 0 Å². The maximum absolute atomic E-state index is 5.62. The van der Waals surface area contributed by atoms with Gasteiger partial charge in [-0.3, -0.25) is 0 Å². The number of benzene rings is 2. The standard InChI is InChI=1S/C25H26N4O/c1-2-30-21-13-11-20(12-14-21)29-17-22(19-9-5-3-6-10-19)23-24(26-18-27-25(23)29)28-15-7-4-8-16-28/h3,5-6,9-14,17-18H,2,4,7-8,15-16H2,1H3. The first-order chi connectivity index (χ1) is 14.8. The van der Waals surface area contributed by atoms with Crippen molar-refractivity contribution in [2.45, 2.75) is 26.2 Å². The molecule has 0 saturated carbocycles. The Bertz CT molecular complexity index is 1130. The monoisotopic (exact) mass is 398 g/mol. The Hall–Kier alpha value is -3.34. The summed E-state index contributed by atoms with van der Waals surface area (Å²) in [6.45, 7) is 4.76. The molecule has 0 bridgehead atoms. The van der Waals surface area contributed by atoms with Crippen LogP contribution in [0.5, 0.6) is 5.75 Å². The molecule has 1 saturated heterocycles. The average Bonchev–Trinajstić information content (AvgIpc) is 3.21. The van der Waals surface area contributed by atoms with E-state index in [1.165, 1.54) is 30.4 Å². The van der Waals surface area contributed by atoms with Gasteiger partial charge in [-0.25, -0.2) is 9.97 Å². The van der Waals surface area contributed by atoms with Crippen molar-refractivity contribution in [1.82, 2.24) is 14.5 Å². The summed E-state index contributed by atoms with van der Waals surface area (Å²) in [5.41, 5.74) is 4.35. The van der Waals surface area contributed by atoms with Gasteiger partial charge in [-0.15, -0.1) is 0 Å². The van der Waals surface area contributed by atoms with Crippen LogP contribution in [-0.4, -0.2) is 34.2 Å². The smallest absolute Gasteiger partial charge is 0.150 e. The number of anilines is 1. The summed E-state index contributed by atoms with van der Waals surface area (Å²) in [5.74, 6) is 1.92. The molecule has 2 aromatic heterocycles. The molecule has 0 amide bonds. The molecule has 5 rings (SSSR count). The topological polar surface area (TPSA) is 43.2 Å². The van der Waals surface area contributed by atoms with Gasteiger partial charge >= 0.3 is 0 Å². The van der Waals surface area contributed by atoms with Gasteiger partial charge < -0.3 is 14.2 Å². The number of fused-ring (bicyclic) bond motifs is 1. The van der Waals surface area contributed by atoms with Crippen LogP contribution in [0.2, 0.25) is 0 Å². The second kappa shape index (κ2) is 8.19. The molecular weight excluding hydrogens is 372 g/mol. The predicted molar refractivity (Wildman–Crippen MR) is 122 cm³/mol. The summed E-state index contributed by atoms with van der Waals surface area (Å²) in [6.07, 6.45) is 7.62. The van der Waals surface area contributed by atoms with E-state index in [1.807, 2.05) is 19.1 Å². The second-order valence-corrected chi connectivity index (χ2v) is 7.65. The highest BCUT2D eigenvalue weighted by atomic mass is 16.5. The molecule has 5 nitrogen and oxygen atoms in total. The first kappa shape index (κ1) is 18.7. The fourth-order valence-electron chi connectivity index (χ4n) is 4.29. The summed E-state index contributed by atoms with van der Waals surface area (Å²) in [7, 11) is 0. The van der Waals surface area contributed by atoms with Gasteiger partial charge in [0.25, 0.3) is 0 Å². The van der Waals surface area contributed by atoms with Gasteiger partial charge in [-0.05, 0) is 56.0 Å². The molecule has 0 aliphatic carbocycles. The van der Waals surface area contributed by atoms with E-state index >= 15 is 0 Å². The van der Waals surface area contributed by atoms with Gasteiger partial charge in [-0.2, -0.15) is 0 Å². The Morgan fingerprint density at radius 2 is 1.67 bits per heavy atom. The zero-order valence-electron chi connectivity index (χ0n) is 17.3. The zero-order chi connectivity index (χ0) is 20.3. The molecule has 0 spiro atoms. The number of aromatic nitrogens is 3. The van der Waals surface area contributed by atoms with Crippen molar-refractivity contribution in [1.29, 1.82) is 0 Å². The van der Waals surface area contributed by atoms with E-state index in [2.05, 4.69) is 58.1 Å².